The Morgan fingerprint density at radius 2 is 1.81 bits per heavy atom. The van der Waals surface area contributed by atoms with Gasteiger partial charge in [0.1, 0.15) is 0 Å². The van der Waals surface area contributed by atoms with Gasteiger partial charge in [0.2, 0.25) is 10.0 Å². The molecule has 0 aliphatic carbocycles. The Labute approximate surface area is 157 Å². The molecule has 0 saturated carbocycles. The van der Waals surface area contributed by atoms with Crippen LogP contribution in [0.25, 0.3) is 0 Å². The third kappa shape index (κ3) is 3.35. The molecule has 0 fully saturated rings. The lowest BCUT2D eigenvalue weighted by Gasteiger charge is -2.34. The quantitative estimate of drug-likeness (QED) is 0.573. The number of nitro groups is 1. The van der Waals surface area contributed by atoms with Gasteiger partial charge in [-0.25, -0.2) is 8.42 Å². The van der Waals surface area contributed by atoms with Crippen molar-refractivity contribution in [3.05, 3.63) is 57.6 Å². The Bertz CT molecular complexity index is 989. The molecule has 0 amide bonds. The van der Waals surface area contributed by atoms with E-state index < -0.39 is 21.0 Å². The van der Waals surface area contributed by atoms with E-state index >= 15 is 0 Å². The summed E-state index contributed by atoms with van der Waals surface area (Å²) in [6.45, 7) is 2.06. The van der Waals surface area contributed by atoms with E-state index in [0.717, 1.165) is 17.2 Å². The number of nitro benzene ring substituents is 1. The minimum atomic E-state index is -3.89. The Kier molecular flexibility index (Phi) is 5.07. The number of sulfonamides is 1. The number of ether oxygens (including phenoxy) is 2. The Morgan fingerprint density at radius 3 is 2.44 bits per heavy atom. The number of rotatable bonds is 5. The van der Waals surface area contributed by atoms with Crippen molar-refractivity contribution in [2.75, 3.05) is 20.8 Å². The lowest BCUT2D eigenvalue weighted by molar-refractivity contribution is -0.385. The van der Waals surface area contributed by atoms with Crippen LogP contribution in [0, 0.1) is 10.1 Å². The van der Waals surface area contributed by atoms with Crippen molar-refractivity contribution in [3.63, 3.8) is 0 Å². The summed E-state index contributed by atoms with van der Waals surface area (Å²) in [5, 5.41) is 11.0. The lowest BCUT2D eigenvalue weighted by Crippen LogP contribution is -2.38. The van der Waals surface area contributed by atoms with E-state index in [9.17, 15) is 18.5 Å². The van der Waals surface area contributed by atoms with Gasteiger partial charge in [0.05, 0.1) is 24.0 Å². The van der Waals surface area contributed by atoms with Crippen molar-refractivity contribution in [2.45, 2.75) is 24.3 Å². The second-order valence-corrected chi connectivity index (χ2v) is 8.09. The van der Waals surface area contributed by atoms with Crippen LogP contribution in [0.2, 0.25) is 0 Å². The number of non-ortho nitro benzene ring substituents is 1. The largest absolute Gasteiger partial charge is 0.493 e. The SMILES string of the molecule is COc1cc2c(cc1OC)[C@H](C)N(S(=O)(=O)c1cccc([N+](=O)[O-])c1)CC2. The molecule has 0 spiro atoms. The molecular formula is C18H20N2O6S. The molecule has 0 radical (unpaired) electrons. The third-order valence-electron chi connectivity index (χ3n) is 4.76. The molecule has 2 aromatic carbocycles. The van der Waals surface area contributed by atoms with E-state index in [1.807, 2.05) is 6.07 Å². The molecule has 8 nitrogen and oxygen atoms in total. The molecule has 9 heteroatoms. The standard InChI is InChI=1S/C18H20N2O6S/c1-12-16-11-18(26-3)17(25-2)9-13(16)7-8-19(12)27(23,24)15-6-4-5-14(10-15)20(21)22/h4-6,9-12H,7-8H2,1-3H3/t12-/m0/s1. The lowest BCUT2D eigenvalue weighted by atomic mass is 9.94. The molecule has 27 heavy (non-hydrogen) atoms. The average Bonchev–Trinajstić information content (AvgIpc) is 2.67. The van der Waals surface area contributed by atoms with Crippen LogP contribution in [0.3, 0.4) is 0 Å². The van der Waals surface area contributed by atoms with E-state index in [0.29, 0.717) is 17.9 Å². The van der Waals surface area contributed by atoms with Crippen LogP contribution >= 0.6 is 0 Å². The first-order chi connectivity index (χ1) is 12.8. The number of methoxy groups -OCH3 is 2. The number of benzene rings is 2. The minimum Gasteiger partial charge on any atom is -0.493 e. The van der Waals surface area contributed by atoms with Gasteiger partial charge in [-0.1, -0.05) is 6.07 Å². The first-order valence-electron chi connectivity index (χ1n) is 8.30. The van der Waals surface area contributed by atoms with Crippen molar-refractivity contribution in [3.8, 4) is 11.5 Å². The van der Waals surface area contributed by atoms with E-state index in [1.54, 1.807) is 20.1 Å². The number of nitrogens with zero attached hydrogens (tertiary/aromatic N) is 2. The topological polar surface area (TPSA) is 99.0 Å². The fourth-order valence-electron chi connectivity index (χ4n) is 3.34. The van der Waals surface area contributed by atoms with Gasteiger partial charge < -0.3 is 9.47 Å². The maximum Gasteiger partial charge on any atom is 0.270 e. The van der Waals surface area contributed by atoms with Crippen LogP contribution in [0.5, 0.6) is 11.5 Å². The zero-order valence-electron chi connectivity index (χ0n) is 15.2. The zero-order valence-corrected chi connectivity index (χ0v) is 16.0. The highest BCUT2D eigenvalue weighted by atomic mass is 32.2. The highest BCUT2D eigenvalue weighted by molar-refractivity contribution is 7.89. The van der Waals surface area contributed by atoms with Gasteiger partial charge in [-0.2, -0.15) is 4.31 Å². The van der Waals surface area contributed by atoms with Crippen LogP contribution in [0.15, 0.2) is 41.3 Å². The molecule has 144 valence electrons. The molecule has 0 N–H and O–H groups in total. The van der Waals surface area contributed by atoms with Gasteiger partial charge in [-0.3, -0.25) is 10.1 Å². The van der Waals surface area contributed by atoms with Crippen molar-refractivity contribution >= 4 is 15.7 Å². The molecule has 0 saturated heterocycles. The summed E-state index contributed by atoms with van der Waals surface area (Å²) in [5.74, 6) is 1.12. The summed E-state index contributed by atoms with van der Waals surface area (Å²) in [6.07, 6.45) is 0.508. The smallest absolute Gasteiger partial charge is 0.270 e. The van der Waals surface area contributed by atoms with Gasteiger partial charge >= 0.3 is 0 Å². The molecule has 1 atom stereocenters. The molecule has 0 unspecified atom stereocenters. The fourth-order valence-corrected chi connectivity index (χ4v) is 5.00. The Morgan fingerprint density at radius 1 is 1.15 bits per heavy atom. The molecule has 2 aromatic rings. The summed E-state index contributed by atoms with van der Waals surface area (Å²) in [5.41, 5.74) is 1.56. The zero-order chi connectivity index (χ0) is 19.8. The second kappa shape index (κ2) is 7.16. The van der Waals surface area contributed by atoms with Gasteiger partial charge in [-0.15, -0.1) is 0 Å². The molecule has 3 rings (SSSR count). The predicted octanol–water partition coefficient (Wildman–Crippen LogP) is 2.92. The monoisotopic (exact) mass is 392 g/mol. The van der Waals surface area contributed by atoms with Crippen LogP contribution in [0.4, 0.5) is 5.69 Å². The average molecular weight is 392 g/mol. The van der Waals surface area contributed by atoms with Gasteiger partial charge in [0, 0.05) is 24.7 Å². The third-order valence-corrected chi connectivity index (χ3v) is 6.73. The molecule has 1 aliphatic heterocycles. The van der Waals surface area contributed by atoms with Crippen molar-refractivity contribution in [1.29, 1.82) is 0 Å². The maximum absolute atomic E-state index is 13.1. The van der Waals surface area contributed by atoms with Gasteiger partial charge in [0.25, 0.3) is 5.69 Å². The van der Waals surface area contributed by atoms with E-state index in [1.165, 1.54) is 29.6 Å². The Balaban J connectivity index is 2.02. The van der Waals surface area contributed by atoms with E-state index in [2.05, 4.69) is 0 Å². The number of hydrogen-bond donors (Lipinski definition) is 0. The van der Waals surface area contributed by atoms with E-state index in [4.69, 9.17) is 9.47 Å². The van der Waals surface area contributed by atoms with Crippen molar-refractivity contribution in [2.24, 2.45) is 0 Å². The summed E-state index contributed by atoms with van der Waals surface area (Å²) in [4.78, 5) is 10.3. The van der Waals surface area contributed by atoms with Crippen LogP contribution in [0.1, 0.15) is 24.1 Å². The van der Waals surface area contributed by atoms with Crippen molar-refractivity contribution in [1.82, 2.24) is 4.31 Å². The van der Waals surface area contributed by atoms with Gasteiger partial charge in [-0.05, 0) is 42.7 Å². The molecule has 1 aliphatic rings. The van der Waals surface area contributed by atoms with Crippen LogP contribution in [-0.4, -0.2) is 38.4 Å². The Hall–Kier alpha value is -2.65. The van der Waals surface area contributed by atoms with Crippen LogP contribution in [-0.2, 0) is 16.4 Å². The fraction of sp³-hybridized carbons (Fsp3) is 0.333. The first-order valence-corrected chi connectivity index (χ1v) is 9.74. The van der Waals surface area contributed by atoms with Gasteiger partial charge in [0.15, 0.2) is 11.5 Å². The highest BCUT2D eigenvalue weighted by Crippen LogP contribution is 2.40. The molecule has 1 heterocycles. The second-order valence-electron chi connectivity index (χ2n) is 6.20. The summed E-state index contributed by atoms with van der Waals surface area (Å²) >= 11 is 0. The summed E-state index contributed by atoms with van der Waals surface area (Å²) < 4.78 is 38.2. The van der Waals surface area contributed by atoms with Crippen molar-refractivity contribution < 1.29 is 22.8 Å². The molecule has 0 bridgehead atoms. The summed E-state index contributed by atoms with van der Waals surface area (Å²) in [7, 11) is -0.814. The molecule has 0 aromatic heterocycles. The predicted molar refractivity (Wildman–Crippen MR) is 98.7 cm³/mol. The molecular weight excluding hydrogens is 372 g/mol. The maximum atomic E-state index is 13.1. The van der Waals surface area contributed by atoms with Crippen LogP contribution < -0.4 is 9.47 Å². The van der Waals surface area contributed by atoms with E-state index in [-0.39, 0.29) is 17.1 Å². The number of hydrogen-bond acceptors (Lipinski definition) is 6. The normalized spacial score (nSPS) is 17.2. The summed E-state index contributed by atoms with van der Waals surface area (Å²) in [6, 6.07) is 8.31. The number of fused-ring (bicyclic) bond motifs is 1. The first kappa shape index (κ1) is 19.1. The minimum absolute atomic E-state index is 0.0903. The highest BCUT2D eigenvalue weighted by Gasteiger charge is 2.35.